The van der Waals surface area contributed by atoms with E-state index in [2.05, 4.69) is 24.1 Å². The van der Waals surface area contributed by atoms with Crippen molar-refractivity contribution in [1.82, 2.24) is 15.3 Å². The predicted molar refractivity (Wildman–Crippen MR) is 134 cm³/mol. The Balaban J connectivity index is 0.00000103. The maximum absolute atomic E-state index is 12.0. The van der Waals surface area contributed by atoms with Crippen molar-refractivity contribution in [3.8, 4) is 17.1 Å². The molecule has 0 saturated carbocycles. The Bertz CT molecular complexity index is 1110. The number of rotatable bonds is 6. The molecule has 8 nitrogen and oxygen atoms in total. The second-order valence-electron chi connectivity index (χ2n) is 8.32. The first-order chi connectivity index (χ1) is 16.5. The van der Waals surface area contributed by atoms with Gasteiger partial charge in [0.1, 0.15) is 18.2 Å². The summed E-state index contributed by atoms with van der Waals surface area (Å²) in [5.74, 6) is 1.40. The lowest BCUT2D eigenvalue weighted by Gasteiger charge is -2.21. The van der Waals surface area contributed by atoms with Crippen molar-refractivity contribution in [2.75, 3.05) is 38.3 Å². The summed E-state index contributed by atoms with van der Waals surface area (Å²) >= 11 is 0. The van der Waals surface area contributed by atoms with Crippen molar-refractivity contribution >= 4 is 22.8 Å². The zero-order valence-corrected chi connectivity index (χ0v) is 20.4. The SMILES string of the molecule is CCC.COCCOC(=O)N[C@@H]1CCN(c2nc(-c3ccccc3O)nc3cc(C)ccc23)C1. The van der Waals surface area contributed by atoms with Gasteiger partial charge in [0, 0.05) is 25.6 Å². The smallest absolute Gasteiger partial charge is 0.407 e. The number of carbonyl (C=O) groups is 1. The Morgan fingerprint density at radius 3 is 2.68 bits per heavy atom. The zero-order valence-electron chi connectivity index (χ0n) is 20.4. The van der Waals surface area contributed by atoms with Gasteiger partial charge in [0.15, 0.2) is 5.82 Å². The number of methoxy groups -OCH3 is 1. The molecule has 8 heteroatoms. The summed E-state index contributed by atoms with van der Waals surface area (Å²) in [5, 5.41) is 14.2. The number of amides is 1. The van der Waals surface area contributed by atoms with Crippen molar-refractivity contribution in [3.63, 3.8) is 0 Å². The maximum Gasteiger partial charge on any atom is 0.407 e. The van der Waals surface area contributed by atoms with E-state index in [1.165, 1.54) is 6.42 Å². The fourth-order valence-corrected chi connectivity index (χ4v) is 3.74. The molecule has 1 aromatic heterocycles. The lowest BCUT2D eigenvalue weighted by Crippen LogP contribution is -2.38. The Labute approximate surface area is 200 Å². The lowest BCUT2D eigenvalue weighted by atomic mass is 10.1. The van der Waals surface area contributed by atoms with Crippen LogP contribution >= 0.6 is 0 Å². The molecule has 34 heavy (non-hydrogen) atoms. The number of hydrogen-bond donors (Lipinski definition) is 2. The highest BCUT2D eigenvalue weighted by atomic mass is 16.6. The highest BCUT2D eigenvalue weighted by Gasteiger charge is 2.27. The Morgan fingerprint density at radius 1 is 1.18 bits per heavy atom. The topological polar surface area (TPSA) is 96.8 Å². The molecule has 0 aliphatic carbocycles. The quantitative estimate of drug-likeness (QED) is 0.509. The van der Waals surface area contributed by atoms with Crippen LogP contribution < -0.4 is 10.2 Å². The molecule has 1 aliphatic rings. The third kappa shape index (κ3) is 6.35. The van der Waals surface area contributed by atoms with E-state index >= 15 is 0 Å². The summed E-state index contributed by atoms with van der Waals surface area (Å²) in [7, 11) is 1.56. The number of aryl methyl sites for hydroxylation is 1. The number of anilines is 1. The molecule has 0 unspecified atom stereocenters. The number of nitrogens with zero attached hydrogens (tertiary/aromatic N) is 3. The summed E-state index contributed by atoms with van der Waals surface area (Å²) in [6, 6.07) is 13.1. The molecule has 1 fully saturated rings. The molecular formula is C26H34N4O4. The van der Waals surface area contributed by atoms with E-state index in [4.69, 9.17) is 19.4 Å². The second-order valence-corrected chi connectivity index (χ2v) is 8.32. The number of aromatic nitrogens is 2. The van der Waals surface area contributed by atoms with Crippen LogP contribution in [0.3, 0.4) is 0 Å². The van der Waals surface area contributed by atoms with E-state index in [0.717, 1.165) is 35.2 Å². The van der Waals surface area contributed by atoms with E-state index in [-0.39, 0.29) is 18.4 Å². The second kappa shape index (κ2) is 12.2. The van der Waals surface area contributed by atoms with Crippen molar-refractivity contribution in [1.29, 1.82) is 0 Å². The molecular weight excluding hydrogens is 432 g/mol. The molecule has 0 bridgehead atoms. The average Bonchev–Trinajstić information content (AvgIpc) is 3.27. The van der Waals surface area contributed by atoms with Gasteiger partial charge in [0.25, 0.3) is 0 Å². The monoisotopic (exact) mass is 466 g/mol. The van der Waals surface area contributed by atoms with Gasteiger partial charge in [-0.15, -0.1) is 0 Å². The number of hydrogen-bond acceptors (Lipinski definition) is 7. The van der Waals surface area contributed by atoms with Gasteiger partial charge < -0.3 is 24.8 Å². The van der Waals surface area contributed by atoms with E-state index in [1.807, 2.05) is 31.2 Å². The highest BCUT2D eigenvalue weighted by molar-refractivity contribution is 5.92. The van der Waals surface area contributed by atoms with Crippen LogP contribution in [0.25, 0.3) is 22.3 Å². The Morgan fingerprint density at radius 2 is 1.94 bits per heavy atom. The molecule has 1 amide bonds. The Hall–Kier alpha value is -3.39. The van der Waals surface area contributed by atoms with Crippen LogP contribution in [0.15, 0.2) is 42.5 Å². The predicted octanol–water partition coefficient (Wildman–Crippen LogP) is 4.68. The zero-order chi connectivity index (χ0) is 24.5. The molecule has 1 saturated heterocycles. The highest BCUT2D eigenvalue weighted by Crippen LogP contribution is 2.33. The fraction of sp³-hybridized carbons (Fsp3) is 0.423. The summed E-state index contributed by atoms with van der Waals surface area (Å²) in [4.78, 5) is 23.6. The minimum Gasteiger partial charge on any atom is -0.507 e. The summed E-state index contributed by atoms with van der Waals surface area (Å²) in [6.45, 7) is 8.21. The van der Waals surface area contributed by atoms with Crippen LogP contribution in [0.5, 0.6) is 5.75 Å². The molecule has 2 N–H and O–H groups in total. The molecule has 0 radical (unpaired) electrons. The molecule has 3 aromatic rings. The number of phenolic OH excluding ortho intramolecular Hbond substituents is 1. The van der Waals surface area contributed by atoms with Crippen molar-refractivity contribution in [2.45, 2.75) is 39.7 Å². The van der Waals surface area contributed by atoms with Crippen LogP contribution in [0.2, 0.25) is 0 Å². The third-order valence-corrected chi connectivity index (χ3v) is 5.31. The number of fused-ring (bicyclic) bond motifs is 1. The van der Waals surface area contributed by atoms with Gasteiger partial charge in [-0.3, -0.25) is 0 Å². The Kier molecular flexibility index (Phi) is 9.04. The van der Waals surface area contributed by atoms with Crippen molar-refractivity contribution in [2.24, 2.45) is 0 Å². The number of aromatic hydroxyl groups is 1. The fourth-order valence-electron chi connectivity index (χ4n) is 3.74. The number of para-hydroxylation sites is 1. The van der Waals surface area contributed by atoms with Gasteiger partial charge in [-0.25, -0.2) is 14.8 Å². The summed E-state index contributed by atoms with van der Waals surface area (Å²) in [6.07, 6.45) is 1.59. The molecule has 2 heterocycles. The molecule has 0 spiro atoms. The largest absolute Gasteiger partial charge is 0.507 e. The number of carbonyl (C=O) groups excluding carboxylic acids is 1. The lowest BCUT2D eigenvalue weighted by molar-refractivity contribution is 0.0969. The van der Waals surface area contributed by atoms with Gasteiger partial charge in [-0.1, -0.05) is 38.5 Å². The van der Waals surface area contributed by atoms with Gasteiger partial charge in [0.05, 0.1) is 23.7 Å². The van der Waals surface area contributed by atoms with Crippen LogP contribution in [-0.2, 0) is 9.47 Å². The van der Waals surface area contributed by atoms with Gasteiger partial charge in [-0.05, 0) is 43.2 Å². The van der Waals surface area contributed by atoms with Gasteiger partial charge >= 0.3 is 6.09 Å². The molecule has 1 aliphatic heterocycles. The van der Waals surface area contributed by atoms with Gasteiger partial charge in [0.2, 0.25) is 0 Å². The number of ether oxygens (including phenoxy) is 2. The number of benzene rings is 2. The van der Waals surface area contributed by atoms with E-state index in [0.29, 0.717) is 24.5 Å². The van der Waals surface area contributed by atoms with Crippen LogP contribution in [0, 0.1) is 6.92 Å². The number of phenols is 1. The summed E-state index contributed by atoms with van der Waals surface area (Å²) < 4.78 is 10.0. The third-order valence-electron chi connectivity index (χ3n) is 5.31. The number of nitrogens with one attached hydrogen (secondary N) is 1. The van der Waals surface area contributed by atoms with Crippen LogP contribution in [0.4, 0.5) is 10.6 Å². The average molecular weight is 467 g/mol. The molecule has 4 rings (SSSR count). The summed E-state index contributed by atoms with van der Waals surface area (Å²) in [5.41, 5.74) is 2.50. The maximum atomic E-state index is 12.0. The first-order valence-corrected chi connectivity index (χ1v) is 11.7. The molecule has 182 valence electrons. The molecule has 2 aromatic carbocycles. The first-order valence-electron chi connectivity index (χ1n) is 11.7. The van der Waals surface area contributed by atoms with E-state index < -0.39 is 6.09 Å². The standard InChI is InChI=1S/C23H26N4O4.C3H8/c1-15-7-8-17-19(13-15)25-21(18-5-3-4-6-20(18)28)26-22(17)27-10-9-16(14-27)24-23(29)31-12-11-30-2;1-3-2/h3-8,13,16,28H,9-12,14H2,1-2H3,(H,24,29);3H2,1-2H3/t16-;/m1./s1. The van der Waals surface area contributed by atoms with Gasteiger partial charge in [-0.2, -0.15) is 0 Å². The first kappa shape index (κ1) is 25.2. The van der Waals surface area contributed by atoms with Crippen molar-refractivity contribution < 1.29 is 19.4 Å². The normalized spacial score (nSPS) is 15.1. The van der Waals surface area contributed by atoms with Crippen molar-refractivity contribution in [3.05, 3.63) is 48.0 Å². The molecule has 1 atom stereocenters. The minimum absolute atomic E-state index is 0.0425. The minimum atomic E-state index is -0.443. The van der Waals surface area contributed by atoms with E-state index in [1.54, 1.807) is 25.3 Å². The number of alkyl carbamates (subject to hydrolysis) is 1. The van der Waals surface area contributed by atoms with Crippen LogP contribution in [-0.4, -0.2) is 60.6 Å². The van der Waals surface area contributed by atoms with Crippen LogP contribution in [0.1, 0.15) is 32.3 Å². The van der Waals surface area contributed by atoms with E-state index in [9.17, 15) is 9.90 Å².